The van der Waals surface area contributed by atoms with E-state index in [0.29, 0.717) is 23.7 Å². The van der Waals surface area contributed by atoms with Crippen molar-refractivity contribution in [3.8, 4) is 5.75 Å². The number of amides is 1. The molecule has 1 aromatic heterocycles. The zero-order chi connectivity index (χ0) is 15.0. The van der Waals surface area contributed by atoms with Crippen LogP contribution in [0.15, 0.2) is 30.5 Å². The van der Waals surface area contributed by atoms with Gasteiger partial charge >= 0.3 is 0 Å². The van der Waals surface area contributed by atoms with Crippen molar-refractivity contribution in [1.29, 1.82) is 0 Å². The summed E-state index contributed by atoms with van der Waals surface area (Å²) in [7, 11) is 0. The molecule has 0 aliphatic carbocycles. The Labute approximate surface area is 128 Å². The molecule has 3 rings (SSSR count). The number of carbonyl (C=O) groups excluding carboxylic acids is 1. The molecule has 2 aromatic rings. The third-order valence-corrected chi connectivity index (χ3v) is 4.02. The summed E-state index contributed by atoms with van der Waals surface area (Å²) in [5, 5.41) is 10.00. The first-order valence-corrected chi connectivity index (χ1v) is 7.14. The highest BCUT2D eigenvalue weighted by Crippen LogP contribution is 2.25. The Hall–Kier alpha value is -2.07. The van der Waals surface area contributed by atoms with Crippen LogP contribution < -0.4 is 0 Å². The molecule has 4 nitrogen and oxygen atoms in total. The number of phenols is 1. The average Bonchev–Trinajstić information content (AvgIpc) is 2.46. The number of pyridine rings is 1. The van der Waals surface area contributed by atoms with Gasteiger partial charge in [0.05, 0.1) is 10.6 Å². The van der Waals surface area contributed by atoms with Crippen LogP contribution in [-0.2, 0) is 13.0 Å². The van der Waals surface area contributed by atoms with E-state index in [0.717, 1.165) is 17.7 Å². The van der Waals surface area contributed by atoms with E-state index in [-0.39, 0.29) is 11.7 Å². The van der Waals surface area contributed by atoms with E-state index >= 15 is 0 Å². The van der Waals surface area contributed by atoms with Gasteiger partial charge in [0.15, 0.2) is 0 Å². The Morgan fingerprint density at radius 2 is 2.14 bits per heavy atom. The number of hydrogen-bond donors (Lipinski definition) is 1. The summed E-state index contributed by atoms with van der Waals surface area (Å²) in [4.78, 5) is 18.4. The predicted molar refractivity (Wildman–Crippen MR) is 80.5 cm³/mol. The summed E-state index contributed by atoms with van der Waals surface area (Å²) in [5.41, 5.74) is 3.35. The molecule has 1 aliphatic rings. The predicted octanol–water partition coefficient (Wildman–Crippen LogP) is 2.95. The van der Waals surface area contributed by atoms with Crippen molar-refractivity contribution in [2.45, 2.75) is 19.9 Å². The second kappa shape index (κ2) is 5.37. The van der Waals surface area contributed by atoms with Crippen LogP contribution >= 0.6 is 11.6 Å². The molecule has 2 heterocycles. The van der Waals surface area contributed by atoms with E-state index in [1.807, 2.05) is 13.0 Å². The minimum atomic E-state index is -0.124. The summed E-state index contributed by atoms with van der Waals surface area (Å²) in [6, 6.07) is 6.99. The first-order valence-electron chi connectivity index (χ1n) is 6.77. The van der Waals surface area contributed by atoms with Crippen LogP contribution in [-0.4, -0.2) is 27.4 Å². The van der Waals surface area contributed by atoms with Crippen molar-refractivity contribution in [2.75, 3.05) is 6.54 Å². The van der Waals surface area contributed by atoms with Gasteiger partial charge in [-0.05, 0) is 42.7 Å². The molecule has 0 spiro atoms. The number of nitrogens with zero attached hydrogens (tertiary/aromatic N) is 2. The van der Waals surface area contributed by atoms with Crippen molar-refractivity contribution < 1.29 is 9.90 Å². The van der Waals surface area contributed by atoms with Crippen LogP contribution in [0.1, 0.15) is 27.2 Å². The lowest BCUT2D eigenvalue weighted by atomic mass is 9.99. The molecule has 0 fully saturated rings. The van der Waals surface area contributed by atoms with E-state index < -0.39 is 0 Å². The number of aryl methyl sites for hydroxylation is 1. The van der Waals surface area contributed by atoms with Crippen molar-refractivity contribution in [1.82, 2.24) is 9.88 Å². The normalized spacial score (nSPS) is 13.9. The van der Waals surface area contributed by atoms with Gasteiger partial charge in [0.1, 0.15) is 5.75 Å². The number of halogens is 1. The van der Waals surface area contributed by atoms with Gasteiger partial charge in [-0.3, -0.25) is 9.78 Å². The molecule has 108 valence electrons. The van der Waals surface area contributed by atoms with E-state index in [1.54, 1.807) is 23.1 Å². The molecular weight excluding hydrogens is 288 g/mol. The minimum absolute atomic E-state index is 0.124. The quantitative estimate of drug-likeness (QED) is 0.881. The number of fused-ring (bicyclic) bond motifs is 1. The smallest absolute Gasteiger partial charge is 0.257 e. The van der Waals surface area contributed by atoms with Crippen LogP contribution in [0.25, 0.3) is 0 Å². The number of aromatic hydroxyl groups is 1. The monoisotopic (exact) mass is 302 g/mol. The topological polar surface area (TPSA) is 53.4 Å². The zero-order valence-electron chi connectivity index (χ0n) is 11.6. The summed E-state index contributed by atoms with van der Waals surface area (Å²) in [6.07, 6.45) is 2.30. The van der Waals surface area contributed by atoms with E-state index in [4.69, 9.17) is 11.6 Å². The standard InChI is InChI=1S/C16H15ClN2O2/c1-10-6-15(17)14(8-18-10)16(21)19-5-4-11-2-3-13(20)7-12(11)9-19/h2-3,6-8,20H,4-5,9H2,1H3. The maximum absolute atomic E-state index is 12.6. The molecule has 0 unspecified atom stereocenters. The molecule has 0 saturated heterocycles. The summed E-state index contributed by atoms with van der Waals surface area (Å²) < 4.78 is 0. The van der Waals surface area contributed by atoms with E-state index in [2.05, 4.69) is 4.98 Å². The molecule has 0 radical (unpaired) electrons. The molecule has 21 heavy (non-hydrogen) atoms. The van der Waals surface area contributed by atoms with Gasteiger partial charge in [-0.2, -0.15) is 0 Å². The number of aromatic nitrogens is 1. The molecule has 5 heteroatoms. The van der Waals surface area contributed by atoms with Crippen molar-refractivity contribution >= 4 is 17.5 Å². The first kappa shape index (κ1) is 13.9. The second-order valence-electron chi connectivity index (χ2n) is 5.24. The molecule has 0 bridgehead atoms. The van der Waals surface area contributed by atoms with Gasteiger partial charge < -0.3 is 10.0 Å². The lowest BCUT2D eigenvalue weighted by molar-refractivity contribution is 0.0734. The van der Waals surface area contributed by atoms with Gasteiger partial charge in [0.2, 0.25) is 0 Å². The third kappa shape index (κ3) is 2.72. The summed E-state index contributed by atoms with van der Waals surface area (Å²) in [5.74, 6) is 0.0968. The lowest BCUT2D eigenvalue weighted by Gasteiger charge is -2.29. The Kier molecular flexibility index (Phi) is 3.55. The fourth-order valence-electron chi connectivity index (χ4n) is 2.57. The van der Waals surface area contributed by atoms with Crippen LogP contribution in [0.5, 0.6) is 5.75 Å². The minimum Gasteiger partial charge on any atom is -0.508 e. The Bertz CT molecular complexity index is 715. The second-order valence-corrected chi connectivity index (χ2v) is 5.64. The number of carbonyl (C=O) groups is 1. The van der Waals surface area contributed by atoms with Gasteiger partial charge in [-0.15, -0.1) is 0 Å². The number of hydrogen-bond acceptors (Lipinski definition) is 3. The average molecular weight is 303 g/mol. The van der Waals surface area contributed by atoms with Crippen LogP contribution in [0, 0.1) is 6.92 Å². The Morgan fingerprint density at radius 1 is 1.33 bits per heavy atom. The Morgan fingerprint density at radius 3 is 2.90 bits per heavy atom. The highest BCUT2D eigenvalue weighted by Gasteiger charge is 2.23. The summed E-state index contributed by atoms with van der Waals surface area (Å²) >= 11 is 6.14. The van der Waals surface area contributed by atoms with Gasteiger partial charge in [-0.1, -0.05) is 17.7 Å². The maximum atomic E-state index is 12.6. The number of phenolic OH excluding ortho intramolecular Hbond substituents is 1. The largest absolute Gasteiger partial charge is 0.508 e. The molecule has 0 saturated carbocycles. The highest BCUT2D eigenvalue weighted by molar-refractivity contribution is 6.33. The van der Waals surface area contributed by atoms with Gasteiger partial charge in [0.25, 0.3) is 5.91 Å². The van der Waals surface area contributed by atoms with Crippen molar-refractivity contribution in [3.63, 3.8) is 0 Å². The lowest BCUT2D eigenvalue weighted by Crippen LogP contribution is -2.36. The third-order valence-electron chi connectivity index (χ3n) is 3.71. The van der Waals surface area contributed by atoms with E-state index in [1.165, 1.54) is 11.8 Å². The van der Waals surface area contributed by atoms with Gasteiger partial charge in [-0.25, -0.2) is 0 Å². The maximum Gasteiger partial charge on any atom is 0.257 e. The fraction of sp³-hybridized carbons (Fsp3) is 0.250. The van der Waals surface area contributed by atoms with Crippen molar-refractivity contribution in [2.24, 2.45) is 0 Å². The van der Waals surface area contributed by atoms with E-state index in [9.17, 15) is 9.90 Å². The van der Waals surface area contributed by atoms with Crippen molar-refractivity contribution in [3.05, 3.63) is 57.9 Å². The Balaban J connectivity index is 1.87. The van der Waals surface area contributed by atoms with Crippen LogP contribution in [0.3, 0.4) is 0 Å². The molecule has 1 aliphatic heterocycles. The molecule has 1 amide bonds. The highest BCUT2D eigenvalue weighted by atomic mass is 35.5. The molecule has 1 N–H and O–H groups in total. The number of rotatable bonds is 1. The fourth-order valence-corrected chi connectivity index (χ4v) is 2.86. The van der Waals surface area contributed by atoms with Crippen LogP contribution in [0.2, 0.25) is 5.02 Å². The zero-order valence-corrected chi connectivity index (χ0v) is 12.4. The first-order chi connectivity index (χ1) is 10.0. The summed E-state index contributed by atoms with van der Waals surface area (Å²) in [6.45, 7) is 2.95. The van der Waals surface area contributed by atoms with Crippen LogP contribution in [0.4, 0.5) is 0 Å². The SMILES string of the molecule is Cc1cc(Cl)c(C(=O)N2CCc3ccc(O)cc3C2)cn1. The molecule has 0 atom stereocenters. The molecule has 1 aromatic carbocycles. The van der Waals surface area contributed by atoms with Gasteiger partial charge in [0, 0.05) is 25.0 Å². The molecular formula is C16H15ClN2O2. The number of benzene rings is 1.